The lowest BCUT2D eigenvalue weighted by atomic mass is 10.00. The highest BCUT2D eigenvalue weighted by molar-refractivity contribution is 7.10. The molecule has 1 aromatic heterocycles. The summed E-state index contributed by atoms with van der Waals surface area (Å²) in [4.78, 5) is 30.9. The van der Waals surface area contributed by atoms with Crippen LogP contribution < -0.4 is 4.74 Å². The van der Waals surface area contributed by atoms with Gasteiger partial charge in [0.25, 0.3) is 0 Å². The molecule has 8 heteroatoms. The van der Waals surface area contributed by atoms with Crippen LogP contribution in [0.5, 0.6) is 5.75 Å². The molecule has 0 saturated heterocycles. The second-order valence-corrected chi connectivity index (χ2v) is 9.68. The summed E-state index contributed by atoms with van der Waals surface area (Å²) in [5, 5.41) is 2.02. The fourth-order valence-electron chi connectivity index (χ4n) is 4.03. The van der Waals surface area contributed by atoms with Gasteiger partial charge in [-0.3, -0.25) is 9.59 Å². The van der Waals surface area contributed by atoms with Crippen LogP contribution in [0.3, 0.4) is 0 Å². The number of rotatable bonds is 11. The van der Waals surface area contributed by atoms with Gasteiger partial charge in [0.2, 0.25) is 11.8 Å². The first-order chi connectivity index (χ1) is 15.9. The van der Waals surface area contributed by atoms with Gasteiger partial charge >= 0.3 is 0 Å². The molecule has 33 heavy (non-hydrogen) atoms. The molecule has 1 atom stereocenters. The Labute approximate surface area is 199 Å². The van der Waals surface area contributed by atoms with Gasteiger partial charge in [0.15, 0.2) is 0 Å². The van der Waals surface area contributed by atoms with Crippen LogP contribution in [0.4, 0.5) is 4.39 Å². The number of halogens is 1. The zero-order valence-electron chi connectivity index (χ0n) is 19.6. The predicted octanol–water partition coefficient (Wildman–Crippen LogP) is 4.30. The maximum Gasteiger partial charge on any atom is 0.242 e. The van der Waals surface area contributed by atoms with E-state index in [0.717, 1.165) is 12.0 Å². The van der Waals surface area contributed by atoms with Crippen molar-refractivity contribution in [1.82, 2.24) is 9.80 Å². The van der Waals surface area contributed by atoms with Crippen molar-refractivity contribution in [2.45, 2.75) is 39.2 Å². The molecule has 6 nitrogen and oxygen atoms in total. The molecule has 2 aromatic rings. The normalized spacial score (nSPS) is 15.4. The zero-order valence-corrected chi connectivity index (χ0v) is 20.4. The van der Waals surface area contributed by atoms with E-state index in [2.05, 4.69) is 0 Å². The highest BCUT2D eigenvalue weighted by atomic mass is 32.1. The van der Waals surface area contributed by atoms with Crippen molar-refractivity contribution in [3.05, 3.63) is 52.0 Å². The first-order valence-electron chi connectivity index (χ1n) is 11.4. The number of ether oxygens (including phenoxy) is 2. The molecule has 0 aliphatic carbocycles. The van der Waals surface area contributed by atoms with Crippen LogP contribution in [-0.4, -0.2) is 61.6 Å². The second-order valence-electron chi connectivity index (χ2n) is 8.68. The van der Waals surface area contributed by atoms with Crippen LogP contribution >= 0.6 is 11.3 Å². The summed E-state index contributed by atoms with van der Waals surface area (Å²) >= 11 is 1.67. The average molecular weight is 477 g/mol. The van der Waals surface area contributed by atoms with E-state index < -0.39 is 0 Å². The molecular formula is C25H33FN2O4S. The quantitative estimate of drug-likeness (QED) is 0.454. The second kappa shape index (κ2) is 12.1. The minimum absolute atomic E-state index is 0.0183. The molecule has 1 unspecified atom stereocenters. The van der Waals surface area contributed by atoms with Gasteiger partial charge in [-0.05, 0) is 47.9 Å². The molecule has 180 valence electrons. The van der Waals surface area contributed by atoms with Gasteiger partial charge in [-0.1, -0.05) is 19.9 Å². The third-order valence-electron chi connectivity index (χ3n) is 5.66. The molecule has 0 fully saturated rings. The van der Waals surface area contributed by atoms with Crippen LogP contribution in [0, 0.1) is 11.7 Å². The Morgan fingerprint density at radius 2 is 2.12 bits per heavy atom. The van der Waals surface area contributed by atoms with Crippen molar-refractivity contribution in [2.24, 2.45) is 5.92 Å². The van der Waals surface area contributed by atoms with Gasteiger partial charge in [0, 0.05) is 44.2 Å². The van der Waals surface area contributed by atoms with Crippen molar-refractivity contribution in [1.29, 1.82) is 0 Å². The molecule has 2 amide bonds. The number of nitrogens with zero attached hydrogens (tertiary/aromatic N) is 2. The largest absolute Gasteiger partial charge is 0.491 e. The van der Waals surface area contributed by atoms with Crippen LogP contribution in [0.2, 0.25) is 0 Å². The Morgan fingerprint density at radius 1 is 1.30 bits per heavy atom. The summed E-state index contributed by atoms with van der Waals surface area (Å²) in [6, 6.07) is 7.76. The van der Waals surface area contributed by atoms with Gasteiger partial charge in [-0.2, -0.15) is 0 Å². The molecule has 0 saturated carbocycles. The first kappa shape index (κ1) is 25.2. The van der Waals surface area contributed by atoms with Crippen LogP contribution in [0.25, 0.3) is 0 Å². The van der Waals surface area contributed by atoms with E-state index in [4.69, 9.17) is 9.47 Å². The maximum atomic E-state index is 13.6. The summed E-state index contributed by atoms with van der Waals surface area (Å²) in [7, 11) is 1.63. The van der Waals surface area contributed by atoms with E-state index in [-0.39, 0.29) is 42.7 Å². The number of methoxy groups -OCH3 is 1. The average Bonchev–Trinajstić information content (AvgIpc) is 3.25. The summed E-state index contributed by atoms with van der Waals surface area (Å²) in [5.41, 5.74) is 1.07. The van der Waals surface area contributed by atoms with E-state index in [1.165, 1.54) is 17.0 Å². The van der Waals surface area contributed by atoms with Gasteiger partial charge in [-0.25, -0.2) is 4.39 Å². The number of benzene rings is 1. The van der Waals surface area contributed by atoms with Crippen molar-refractivity contribution in [2.75, 3.05) is 40.0 Å². The standard InChI is InChI=1S/C25H33FN2O4S/c1-18(2)14-24(29)27(10-5-12-31-3)16-25(30)28-11-8-23-21(9-13-33-23)22(28)17-32-20-7-4-6-19(26)15-20/h4,6-7,9,13,15,18,22H,5,8,10-12,14,16-17H2,1-3H3. The van der Waals surface area contributed by atoms with Crippen LogP contribution in [0.1, 0.15) is 43.2 Å². The molecule has 0 spiro atoms. The number of carbonyl (C=O) groups is 2. The Hall–Kier alpha value is -2.45. The molecule has 1 aliphatic rings. The number of carbonyl (C=O) groups excluding carboxylic acids is 2. The molecule has 1 aromatic carbocycles. The van der Waals surface area contributed by atoms with E-state index in [1.54, 1.807) is 40.4 Å². The molecule has 0 radical (unpaired) electrons. The number of fused-ring (bicyclic) bond motifs is 1. The number of hydrogen-bond donors (Lipinski definition) is 0. The number of thiophene rings is 1. The topological polar surface area (TPSA) is 59.1 Å². The van der Waals surface area contributed by atoms with E-state index in [9.17, 15) is 14.0 Å². The fourth-order valence-corrected chi connectivity index (χ4v) is 4.96. The zero-order chi connectivity index (χ0) is 23.8. The lowest BCUT2D eigenvalue weighted by Crippen LogP contribution is -2.48. The van der Waals surface area contributed by atoms with Crippen molar-refractivity contribution in [3.8, 4) is 5.75 Å². The minimum atomic E-state index is -0.365. The molecule has 0 N–H and O–H groups in total. The van der Waals surface area contributed by atoms with Gasteiger partial charge in [0.1, 0.15) is 18.2 Å². The van der Waals surface area contributed by atoms with Gasteiger partial charge in [0.05, 0.1) is 12.6 Å². The Morgan fingerprint density at radius 3 is 2.85 bits per heavy atom. The van der Waals surface area contributed by atoms with E-state index >= 15 is 0 Å². The highest BCUT2D eigenvalue weighted by Crippen LogP contribution is 2.34. The first-order valence-corrected chi connectivity index (χ1v) is 12.3. The monoisotopic (exact) mass is 476 g/mol. The molecule has 2 heterocycles. The highest BCUT2D eigenvalue weighted by Gasteiger charge is 2.33. The fraction of sp³-hybridized carbons (Fsp3) is 0.520. The van der Waals surface area contributed by atoms with Gasteiger partial charge < -0.3 is 19.3 Å². The third-order valence-corrected chi connectivity index (χ3v) is 6.65. The van der Waals surface area contributed by atoms with E-state index in [1.807, 2.05) is 25.3 Å². The summed E-state index contributed by atoms with van der Waals surface area (Å²) < 4.78 is 24.6. The maximum absolute atomic E-state index is 13.6. The Balaban J connectivity index is 1.74. The smallest absolute Gasteiger partial charge is 0.242 e. The number of amides is 2. The number of hydrogen-bond acceptors (Lipinski definition) is 5. The summed E-state index contributed by atoms with van der Waals surface area (Å²) in [6.07, 6.45) is 1.86. The van der Waals surface area contributed by atoms with Crippen LogP contribution in [-0.2, 0) is 20.7 Å². The SMILES string of the molecule is COCCCN(CC(=O)N1CCc2sccc2C1COc1cccc(F)c1)C(=O)CC(C)C. The molecule has 1 aliphatic heterocycles. The molecule has 0 bridgehead atoms. The third kappa shape index (κ3) is 7.01. The Kier molecular flexibility index (Phi) is 9.26. The summed E-state index contributed by atoms with van der Waals surface area (Å²) in [5.74, 6) is 0.159. The minimum Gasteiger partial charge on any atom is -0.491 e. The van der Waals surface area contributed by atoms with Crippen molar-refractivity contribution >= 4 is 23.2 Å². The van der Waals surface area contributed by atoms with Crippen molar-refractivity contribution in [3.63, 3.8) is 0 Å². The predicted molar refractivity (Wildman–Crippen MR) is 127 cm³/mol. The van der Waals surface area contributed by atoms with Crippen molar-refractivity contribution < 1.29 is 23.5 Å². The Bertz CT molecular complexity index is 933. The molecule has 3 rings (SSSR count). The molecular weight excluding hydrogens is 443 g/mol. The van der Waals surface area contributed by atoms with Gasteiger partial charge in [-0.15, -0.1) is 11.3 Å². The lowest BCUT2D eigenvalue weighted by Gasteiger charge is -2.37. The summed E-state index contributed by atoms with van der Waals surface area (Å²) in [6.45, 7) is 5.82. The van der Waals surface area contributed by atoms with E-state index in [0.29, 0.717) is 38.3 Å². The lowest BCUT2D eigenvalue weighted by molar-refractivity contribution is -0.143. The van der Waals surface area contributed by atoms with Crippen LogP contribution in [0.15, 0.2) is 35.7 Å².